The molecule has 0 saturated heterocycles. The quantitative estimate of drug-likeness (QED) is 0.395. The Kier molecular flexibility index (Phi) is 5.49. The molecule has 6 nitrogen and oxygen atoms in total. The lowest BCUT2D eigenvalue weighted by atomic mass is 10.1. The van der Waals surface area contributed by atoms with E-state index in [0.717, 1.165) is 16.7 Å². The number of thiophene rings is 1. The van der Waals surface area contributed by atoms with Crippen LogP contribution >= 0.6 is 11.3 Å². The van der Waals surface area contributed by atoms with Crippen molar-refractivity contribution >= 4 is 33.7 Å². The van der Waals surface area contributed by atoms with E-state index in [0.29, 0.717) is 15.8 Å². The Morgan fingerprint density at radius 2 is 1.93 bits per heavy atom. The summed E-state index contributed by atoms with van der Waals surface area (Å²) in [4.78, 5) is 30.1. The fourth-order valence-electron chi connectivity index (χ4n) is 2.94. The Bertz CT molecular complexity index is 1290. The standard InChI is InChI=1S/C22H17FN4O2S/c1-14-2-6-16(7-3-14)18-12-30-21-20(18)22(29)27(13-24-21)11-19(28)26-25-10-15-4-8-17(23)9-5-15/h2-10,12-13H,11H2,1H3,(H,26,28)/b25-10-. The molecule has 0 aliphatic heterocycles. The molecule has 4 rings (SSSR count). The van der Waals surface area contributed by atoms with E-state index >= 15 is 0 Å². The summed E-state index contributed by atoms with van der Waals surface area (Å²) in [7, 11) is 0. The predicted molar refractivity (Wildman–Crippen MR) is 116 cm³/mol. The van der Waals surface area contributed by atoms with Crippen molar-refractivity contribution in [3.05, 3.63) is 87.5 Å². The number of hydrogen-bond donors (Lipinski definition) is 1. The van der Waals surface area contributed by atoms with Crippen LogP contribution in [0, 0.1) is 12.7 Å². The summed E-state index contributed by atoms with van der Waals surface area (Å²) in [5.41, 5.74) is 5.58. The van der Waals surface area contributed by atoms with E-state index in [1.165, 1.54) is 52.7 Å². The lowest BCUT2D eigenvalue weighted by molar-refractivity contribution is -0.121. The normalized spacial score (nSPS) is 11.3. The minimum atomic E-state index is -0.469. The number of halogens is 1. The van der Waals surface area contributed by atoms with Crippen LogP contribution in [0.25, 0.3) is 21.3 Å². The van der Waals surface area contributed by atoms with Gasteiger partial charge < -0.3 is 0 Å². The highest BCUT2D eigenvalue weighted by atomic mass is 32.1. The number of aromatic nitrogens is 2. The van der Waals surface area contributed by atoms with Crippen molar-refractivity contribution in [1.82, 2.24) is 15.0 Å². The van der Waals surface area contributed by atoms with Crippen LogP contribution in [0.2, 0.25) is 0 Å². The molecular weight excluding hydrogens is 403 g/mol. The minimum Gasteiger partial charge on any atom is -0.289 e. The zero-order valence-corrected chi connectivity index (χ0v) is 16.8. The molecule has 0 saturated carbocycles. The monoisotopic (exact) mass is 420 g/mol. The smallest absolute Gasteiger partial charge is 0.263 e. The number of benzene rings is 2. The lowest BCUT2D eigenvalue weighted by Gasteiger charge is -2.05. The van der Waals surface area contributed by atoms with E-state index in [9.17, 15) is 14.0 Å². The van der Waals surface area contributed by atoms with Gasteiger partial charge in [-0.3, -0.25) is 14.2 Å². The minimum absolute atomic E-state index is 0.217. The summed E-state index contributed by atoms with van der Waals surface area (Å²) in [5.74, 6) is -0.819. The van der Waals surface area contributed by atoms with Gasteiger partial charge in [0, 0.05) is 10.9 Å². The highest BCUT2D eigenvalue weighted by molar-refractivity contribution is 7.17. The molecule has 0 unspecified atom stereocenters. The third-order valence-electron chi connectivity index (χ3n) is 4.51. The number of aryl methyl sites for hydroxylation is 1. The molecule has 0 atom stereocenters. The first-order valence-corrected chi connectivity index (χ1v) is 10.0. The van der Waals surface area contributed by atoms with E-state index in [2.05, 4.69) is 15.5 Å². The summed E-state index contributed by atoms with van der Waals surface area (Å²) in [6.07, 6.45) is 2.76. The summed E-state index contributed by atoms with van der Waals surface area (Å²) in [6, 6.07) is 13.6. The van der Waals surface area contributed by atoms with Crippen LogP contribution in [0.3, 0.4) is 0 Å². The maximum Gasteiger partial charge on any atom is 0.263 e. The molecule has 0 spiro atoms. The number of rotatable bonds is 5. The fourth-order valence-corrected chi connectivity index (χ4v) is 3.85. The Labute approximate surface area is 175 Å². The second-order valence-corrected chi connectivity index (χ2v) is 7.58. The number of fused-ring (bicyclic) bond motifs is 1. The predicted octanol–water partition coefficient (Wildman–Crippen LogP) is 3.72. The summed E-state index contributed by atoms with van der Waals surface area (Å²) in [5, 5.41) is 6.24. The molecule has 150 valence electrons. The van der Waals surface area contributed by atoms with Crippen LogP contribution in [0.1, 0.15) is 11.1 Å². The van der Waals surface area contributed by atoms with Crippen LogP contribution in [-0.4, -0.2) is 21.7 Å². The average Bonchev–Trinajstić information content (AvgIpc) is 3.17. The van der Waals surface area contributed by atoms with Gasteiger partial charge in [0.2, 0.25) is 0 Å². The van der Waals surface area contributed by atoms with Crippen LogP contribution in [0.4, 0.5) is 4.39 Å². The topological polar surface area (TPSA) is 76.3 Å². The van der Waals surface area contributed by atoms with Gasteiger partial charge >= 0.3 is 0 Å². The molecule has 2 heterocycles. The Hall–Kier alpha value is -3.65. The lowest BCUT2D eigenvalue weighted by Crippen LogP contribution is -2.30. The zero-order valence-electron chi connectivity index (χ0n) is 16.0. The molecule has 4 aromatic rings. The first kappa shape index (κ1) is 19.7. The van der Waals surface area contributed by atoms with E-state index < -0.39 is 5.91 Å². The number of amides is 1. The maximum atomic E-state index is 13.0. The van der Waals surface area contributed by atoms with Crippen LogP contribution in [0.5, 0.6) is 0 Å². The van der Waals surface area contributed by atoms with E-state index in [-0.39, 0.29) is 17.9 Å². The van der Waals surface area contributed by atoms with E-state index in [4.69, 9.17) is 0 Å². The third kappa shape index (κ3) is 4.18. The van der Waals surface area contributed by atoms with Gasteiger partial charge in [-0.15, -0.1) is 11.3 Å². The second-order valence-electron chi connectivity index (χ2n) is 6.72. The van der Waals surface area contributed by atoms with Crippen LogP contribution < -0.4 is 11.0 Å². The Morgan fingerprint density at radius 3 is 2.67 bits per heavy atom. The summed E-state index contributed by atoms with van der Waals surface area (Å²) in [6.45, 7) is 1.78. The summed E-state index contributed by atoms with van der Waals surface area (Å²) < 4.78 is 14.2. The van der Waals surface area contributed by atoms with Crippen molar-refractivity contribution < 1.29 is 9.18 Å². The van der Waals surface area contributed by atoms with Gasteiger partial charge in [-0.1, -0.05) is 42.0 Å². The van der Waals surface area contributed by atoms with Crippen molar-refractivity contribution in [3.8, 4) is 11.1 Å². The van der Waals surface area contributed by atoms with E-state index in [1.54, 1.807) is 0 Å². The van der Waals surface area contributed by atoms with Crippen molar-refractivity contribution in [3.63, 3.8) is 0 Å². The molecule has 0 fully saturated rings. The molecule has 2 aromatic carbocycles. The molecule has 0 aliphatic rings. The van der Waals surface area contributed by atoms with Crippen LogP contribution in [0.15, 0.2) is 70.1 Å². The van der Waals surface area contributed by atoms with Gasteiger partial charge in [0.15, 0.2) is 0 Å². The second kappa shape index (κ2) is 8.38. The number of nitrogens with zero attached hydrogens (tertiary/aromatic N) is 3. The van der Waals surface area contributed by atoms with Gasteiger partial charge in [0.05, 0.1) is 17.9 Å². The largest absolute Gasteiger partial charge is 0.289 e. The maximum absolute atomic E-state index is 13.0. The Morgan fingerprint density at radius 1 is 1.20 bits per heavy atom. The zero-order chi connectivity index (χ0) is 21.1. The van der Waals surface area contributed by atoms with Gasteiger partial charge in [0.1, 0.15) is 17.2 Å². The molecular formula is C22H17FN4O2S. The van der Waals surface area contributed by atoms with Crippen LogP contribution in [-0.2, 0) is 11.3 Å². The number of carbonyl (C=O) groups excluding carboxylic acids is 1. The van der Waals surface area contributed by atoms with Gasteiger partial charge in [-0.2, -0.15) is 5.10 Å². The third-order valence-corrected chi connectivity index (χ3v) is 5.40. The van der Waals surface area contributed by atoms with Crippen molar-refractivity contribution in [2.75, 3.05) is 0 Å². The molecule has 8 heteroatoms. The first-order valence-electron chi connectivity index (χ1n) is 9.12. The number of hydrogen-bond acceptors (Lipinski definition) is 5. The Balaban J connectivity index is 1.54. The van der Waals surface area contributed by atoms with Crippen molar-refractivity contribution in [2.45, 2.75) is 13.5 Å². The first-order chi connectivity index (χ1) is 14.5. The molecule has 1 amide bonds. The molecule has 30 heavy (non-hydrogen) atoms. The molecule has 0 radical (unpaired) electrons. The average molecular weight is 420 g/mol. The van der Waals surface area contributed by atoms with Gasteiger partial charge in [-0.25, -0.2) is 14.8 Å². The molecule has 1 N–H and O–H groups in total. The summed E-state index contributed by atoms with van der Waals surface area (Å²) >= 11 is 1.39. The molecule has 0 bridgehead atoms. The fraction of sp³-hybridized carbons (Fsp3) is 0.0909. The highest BCUT2D eigenvalue weighted by Gasteiger charge is 2.14. The van der Waals surface area contributed by atoms with Crippen molar-refractivity contribution in [1.29, 1.82) is 0 Å². The van der Waals surface area contributed by atoms with Crippen molar-refractivity contribution in [2.24, 2.45) is 5.10 Å². The number of hydrazone groups is 1. The molecule has 0 aliphatic carbocycles. The van der Waals surface area contributed by atoms with E-state index in [1.807, 2.05) is 36.6 Å². The van der Waals surface area contributed by atoms with Gasteiger partial charge in [-0.05, 0) is 30.2 Å². The van der Waals surface area contributed by atoms with Gasteiger partial charge in [0.25, 0.3) is 11.5 Å². The molecule has 2 aromatic heterocycles. The highest BCUT2D eigenvalue weighted by Crippen LogP contribution is 2.30. The number of carbonyl (C=O) groups is 1. The number of nitrogens with one attached hydrogen (secondary N) is 1. The SMILES string of the molecule is Cc1ccc(-c2csc3ncn(CC(=O)N/N=C\c4ccc(F)cc4)c(=O)c23)cc1.